The molecular weight excluding hydrogens is 272 g/mol. The lowest BCUT2D eigenvalue weighted by Gasteiger charge is -2.23. The summed E-state index contributed by atoms with van der Waals surface area (Å²) in [6.07, 6.45) is -0.245. The molecule has 0 aromatic heterocycles. The van der Waals surface area contributed by atoms with Crippen LogP contribution in [0.15, 0.2) is 41.7 Å². The van der Waals surface area contributed by atoms with Crippen molar-refractivity contribution in [3.05, 3.63) is 47.2 Å². The van der Waals surface area contributed by atoms with Gasteiger partial charge in [-0.25, -0.2) is 4.79 Å². The molecule has 6 nitrogen and oxygen atoms in total. The Morgan fingerprint density at radius 3 is 2.71 bits per heavy atom. The van der Waals surface area contributed by atoms with Gasteiger partial charge in [0.1, 0.15) is 5.76 Å². The summed E-state index contributed by atoms with van der Waals surface area (Å²) < 4.78 is 4.61. The van der Waals surface area contributed by atoms with E-state index in [2.05, 4.69) is 4.74 Å². The first-order valence-electron chi connectivity index (χ1n) is 6.60. The van der Waals surface area contributed by atoms with Crippen LogP contribution in [0.25, 0.3) is 0 Å². The second-order valence-electron chi connectivity index (χ2n) is 4.90. The maximum atomic E-state index is 12.2. The van der Waals surface area contributed by atoms with Crippen LogP contribution in [-0.4, -0.2) is 41.6 Å². The molecule has 112 valence electrons. The minimum Gasteiger partial charge on any atom is -0.511 e. The standard InChI is InChI=1S/C15H18N2O4/c1-21-15(20)14-11(16)9-17(13(19)7-12(14)18)8-10-5-3-2-4-6-10/h2-6,11,18H,7-9,16H2,1H3. The summed E-state index contributed by atoms with van der Waals surface area (Å²) in [4.78, 5) is 25.4. The summed E-state index contributed by atoms with van der Waals surface area (Å²) in [5.74, 6) is -1.28. The molecule has 0 saturated carbocycles. The van der Waals surface area contributed by atoms with Gasteiger partial charge < -0.3 is 20.5 Å². The number of aliphatic hydroxyl groups is 1. The first-order valence-corrected chi connectivity index (χ1v) is 6.60. The number of esters is 1. The summed E-state index contributed by atoms with van der Waals surface area (Å²) in [6.45, 7) is 0.539. The van der Waals surface area contributed by atoms with Gasteiger partial charge >= 0.3 is 5.97 Å². The average Bonchev–Trinajstić information content (AvgIpc) is 2.56. The predicted molar refractivity (Wildman–Crippen MR) is 76.1 cm³/mol. The van der Waals surface area contributed by atoms with Gasteiger partial charge in [-0.3, -0.25) is 4.79 Å². The fraction of sp³-hybridized carbons (Fsp3) is 0.333. The maximum Gasteiger partial charge on any atom is 0.338 e. The number of hydrogen-bond donors (Lipinski definition) is 2. The molecule has 0 saturated heterocycles. The third-order valence-corrected chi connectivity index (χ3v) is 3.39. The van der Waals surface area contributed by atoms with Crippen LogP contribution in [0.3, 0.4) is 0 Å². The van der Waals surface area contributed by atoms with E-state index in [0.717, 1.165) is 5.56 Å². The highest BCUT2D eigenvalue weighted by Gasteiger charge is 2.31. The molecule has 0 spiro atoms. The zero-order valence-electron chi connectivity index (χ0n) is 11.8. The summed E-state index contributed by atoms with van der Waals surface area (Å²) in [5, 5.41) is 9.93. The smallest absolute Gasteiger partial charge is 0.338 e. The van der Waals surface area contributed by atoms with E-state index in [1.165, 1.54) is 12.0 Å². The number of nitrogens with zero attached hydrogens (tertiary/aromatic N) is 1. The molecule has 1 unspecified atom stereocenters. The predicted octanol–water partition coefficient (Wildman–Crippen LogP) is 0.731. The van der Waals surface area contributed by atoms with Crippen LogP contribution >= 0.6 is 0 Å². The van der Waals surface area contributed by atoms with Crippen LogP contribution in [0, 0.1) is 0 Å². The molecule has 0 radical (unpaired) electrons. The SMILES string of the molecule is COC(=O)C1=C(O)CC(=O)N(Cc2ccccc2)CC1N. The Balaban J connectivity index is 2.19. The van der Waals surface area contributed by atoms with Crippen LogP contribution in [0.5, 0.6) is 0 Å². The first-order chi connectivity index (χ1) is 10.0. The van der Waals surface area contributed by atoms with E-state index in [1.54, 1.807) is 0 Å². The Morgan fingerprint density at radius 1 is 1.43 bits per heavy atom. The lowest BCUT2D eigenvalue weighted by molar-refractivity contribution is -0.136. The first kappa shape index (κ1) is 15.1. The number of amides is 1. The topological polar surface area (TPSA) is 92.9 Å². The highest BCUT2D eigenvalue weighted by Crippen LogP contribution is 2.19. The molecule has 1 heterocycles. The summed E-state index contributed by atoms with van der Waals surface area (Å²) >= 11 is 0. The molecule has 1 atom stereocenters. The highest BCUT2D eigenvalue weighted by molar-refractivity contribution is 5.92. The molecule has 1 aliphatic heterocycles. The van der Waals surface area contributed by atoms with E-state index in [4.69, 9.17) is 5.73 Å². The Labute approximate surface area is 122 Å². The molecule has 2 rings (SSSR count). The van der Waals surface area contributed by atoms with E-state index in [0.29, 0.717) is 6.54 Å². The molecule has 1 aliphatic rings. The van der Waals surface area contributed by atoms with Gasteiger partial charge in [0, 0.05) is 13.1 Å². The molecule has 0 fully saturated rings. The van der Waals surface area contributed by atoms with Crippen LogP contribution in [0.1, 0.15) is 12.0 Å². The van der Waals surface area contributed by atoms with Crippen molar-refractivity contribution < 1.29 is 19.4 Å². The average molecular weight is 290 g/mol. The van der Waals surface area contributed by atoms with Gasteiger partial charge in [-0.05, 0) is 5.56 Å². The monoisotopic (exact) mass is 290 g/mol. The third-order valence-electron chi connectivity index (χ3n) is 3.39. The number of rotatable bonds is 3. The van der Waals surface area contributed by atoms with Crippen LogP contribution in [-0.2, 0) is 20.9 Å². The van der Waals surface area contributed by atoms with Crippen molar-refractivity contribution in [2.45, 2.75) is 19.0 Å². The molecule has 1 amide bonds. The van der Waals surface area contributed by atoms with E-state index in [9.17, 15) is 14.7 Å². The number of carbonyl (C=O) groups is 2. The van der Waals surface area contributed by atoms with Gasteiger partial charge in [-0.1, -0.05) is 30.3 Å². The van der Waals surface area contributed by atoms with Crippen LogP contribution in [0.2, 0.25) is 0 Å². The Bertz CT molecular complexity index is 568. The zero-order chi connectivity index (χ0) is 15.4. The lowest BCUT2D eigenvalue weighted by atomic mass is 10.1. The van der Waals surface area contributed by atoms with E-state index < -0.39 is 12.0 Å². The molecule has 1 aromatic carbocycles. The second kappa shape index (κ2) is 6.41. The number of carbonyl (C=O) groups excluding carboxylic acids is 2. The molecule has 1 aromatic rings. The quantitative estimate of drug-likeness (QED) is 0.801. The number of benzene rings is 1. The lowest BCUT2D eigenvalue weighted by Crippen LogP contribution is -2.41. The third kappa shape index (κ3) is 3.41. The van der Waals surface area contributed by atoms with E-state index in [-0.39, 0.29) is 30.2 Å². The normalized spacial score (nSPS) is 19.4. The molecular formula is C15H18N2O4. The van der Waals surface area contributed by atoms with Crippen molar-refractivity contribution in [1.29, 1.82) is 0 Å². The van der Waals surface area contributed by atoms with Gasteiger partial charge in [-0.15, -0.1) is 0 Å². The second-order valence-corrected chi connectivity index (χ2v) is 4.90. The van der Waals surface area contributed by atoms with E-state index in [1.807, 2.05) is 30.3 Å². The molecule has 3 N–H and O–H groups in total. The van der Waals surface area contributed by atoms with Crippen molar-refractivity contribution in [2.75, 3.05) is 13.7 Å². The maximum absolute atomic E-state index is 12.2. The largest absolute Gasteiger partial charge is 0.511 e. The van der Waals surface area contributed by atoms with E-state index >= 15 is 0 Å². The van der Waals surface area contributed by atoms with Crippen LogP contribution in [0.4, 0.5) is 0 Å². The van der Waals surface area contributed by atoms with Crippen molar-refractivity contribution >= 4 is 11.9 Å². The molecule has 0 aliphatic carbocycles. The zero-order valence-corrected chi connectivity index (χ0v) is 11.8. The minimum absolute atomic E-state index is 0.0265. The summed E-state index contributed by atoms with van der Waals surface area (Å²) in [6, 6.07) is 8.69. The molecule has 21 heavy (non-hydrogen) atoms. The van der Waals surface area contributed by atoms with Gasteiger partial charge in [0.25, 0.3) is 0 Å². The molecule has 6 heteroatoms. The van der Waals surface area contributed by atoms with Gasteiger partial charge in [0.15, 0.2) is 0 Å². The number of nitrogens with two attached hydrogens (primary N) is 1. The van der Waals surface area contributed by atoms with Gasteiger partial charge in [-0.2, -0.15) is 0 Å². The van der Waals surface area contributed by atoms with Gasteiger partial charge in [0.05, 0.1) is 25.1 Å². The number of aliphatic hydroxyl groups excluding tert-OH is 1. The van der Waals surface area contributed by atoms with Crippen molar-refractivity contribution in [3.63, 3.8) is 0 Å². The Morgan fingerprint density at radius 2 is 2.10 bits per heavy atom. The van der Waals surface area contributed by atoms with Crippen molar-refractivity contribution in [1.82, 2.24) is 4.90 Å². The molecule has 0 bridgehead atoms. The van der Waals surface area contributed by atoms with Gasteiger partial charge in [0.2, 0.25) is 5.91 Å². The fourth-order valence-electron chi connectivity index (χ4n) is 2.33. The highest BCUT2D eigenvalue weighted by atomic mass is 16.5. The Hall–Kier alpha value is -2.34. The number of hydrogen-bond acceptors (Lipinski definition) is 5. The minimum atomic E-state index is -0.771. The Kier molecular flexibility index (Phi) is 4.59. The summed E-state index contributed by atoms with van der Waals surface area (Å²) in [5.41, 5.74) is 6.87. The fourth-order valence-corrected chi connectivity index (χ4v) is 2.33. The number of ether oxygens (including phenoxy) is 1. The van der Waals surface area contributed by atoms with Crippen LogP contribution < -0.4 is 5.73 Å². The van der Waals surface area contributed by atoms with Crippen molar-refractivity contribution in [3.8, 4) is 0 Å². The van der Waals surface area contributed by atoms with Crippen molar-refractivity contribution in [2.24, 2.45) is 5.73 Å². The summed E-state index contributed by atoms with van der Waals surface area (Å²) in [7, 11) is 1.21. The number of methoxy groups -OCH3 is 1.